The Kier molecular flexibility index (Phi) is 7.56. The van der Waals surface area contributed by atoms with Gasteiger partial charge in [-0.15, -0.1) is 11.6 Å². The summed E-state index contributed by atoms with van der Waals surface area (Å²) < 4.78 is 6.32. The van der Waals surface area contributed by atoms with Crippen LogP contribution in [0.2, 0.25) is 10.0 Å². The van der Waals surface area contributed by atoms with Crippen LogP contribution in [0, 0.1) is 0 Å². The average Bonchev–Trinajstić information content (AvgIpc) is 2.58. The molecule has 0 fully saturated rings. The van der Waals surface area contributed by atoms with Gasteiger partial charge in [-0.25, -0.2) is 4.79 Å². The van der Waals surface area contributed by atoms with Gasteiger partial charge in [-0.05, 0) is 64.8 Å². The number of rotatable bonds is 6. The highest BCUT2D eigenvalue weighted by atomic mass is 79.9. The Bertz CT molecular complexity index is 892. The van der Waals surface area contributed by atoms with E-state index >= 15 is 0 Å². The lowest BCUT2D eigenvalue weighted by molar-refractivity contribution is -0.131. The number of amides is 1. The van der Waals surface area contributed by atoms with Crippen LogP contribution in [0.5, 0.6) is 11.5 Å². The first-order chi connectivity index (χ1) is 12.7. The third-order valence-electron chi connectivity index (χ3n) is 3.22. The van der Waals surface area contributed by atoms with E-state index in [4.69, 9.17) is 44.6 Å². The summed E-state index contributed by atoms with van der Waals surface area (Å²) >= 11 is 21.5. The Morgan fingerprint density at radius 2 is 1.85 bits per heavy atom. The number of carboxylic acid groups (broad SMARTS) is 1. The number of hydrogen-bond acceptors (Lipinski definition) is 3. The molecule has 1 amide bonds. The quantitative estimate of drug-likeness (QED) is 0.371. The second kappa shape index (κ2) is 9.46. The summed E-state index contributed by atoms with van der Waals surface area (Å²) in [6, 6.07) is 7.98. The molecule has 0 heterocycles. The van der Waals surface area contributed by atoms with Crippen molar-refractivity contribution < 1.29 is 19.4 Å². The molecule has 27 heavy (non-hydrogen) atoms. The number of carboxylic acids is 1. The molecule has 0 radical (unpaired) electrons. The Morgan fingerprint density at radius 1 is 1.22 bits per heavy atom. The normalized spacial score (nSPS) is 12.0. The topological polar surface area (TPSA) is 75.6 Å². The predicted octanol–water partition coefficient (Wildman–Crippen LogP) is 6.21. The van der Waals surface area contributed by atoms with Gasteiger partial charge in [0.1, 0.15) is 11.1 Å². The summed E-state index contributed by atoms with van der Waals surface area (Å²) in [5.74, 6) is -0.759. The first kappa shape index (κ1) is 21.6. The van der Waals surface area contributed by atoms with Crippen LogP contribution in [0.4, 0.5) is 5.69 Å². The van der Waals surface area contributed by atoms with Gasteiger partial charge in [0.25, 0.3) is 0 Å². The fourth-order valence-electron chi connectivity index (χ4n) is 1.95. The number of ether oxygens (including phenoxy) is 1. The van der Waals surface area contributed by atoms with Crippen molar-refractivity contribution in [3.8, 4) is 11.5 Å². The van der Waals surface area contributed by atoms with Crippen molar-refractivity contribution in [2.45, 2.75) is 12.3 Å². The molecule has 0 aliphatic heterocycles. The summed E-state index contributed by atoms with van der Waals surface area (Å²) in [6.07, 6.45) is 2.35. The van der Waals surface area contributed by atoms with E-state index in [-0.39, 0.29) is 21.7 Å². The Hall–Kier alpha value is -1.73. The lowest BCUT2D eigenvalue weighted by Gasteiger charge is -2.13. The Labute approximate surface area is 179 Å². The van der Waals surface area contributed by atoms with Gasteiger partial charge in [-0.1, -0.05) is 23.2 Å². The minimum Gasteiger partial charge on any atom is -0.478 e. The number of nitrogens with one attached hydrogen (secondary N) is 1. The monoisotopic (exact) mass is 491 g/mol. The van der Waals surface area contributed by atoms with Crippen LogP contribution in [-0.4, -0.2) is 22.4 Å². The van der Waals surface area contributed by atoms with Gasteiger partial charge >= 0.3 is 5.97 Å². The second-order valence-electron chi connectivity index (χ2n) is 5.33. The standard InChI is InChI=1S/C18H13BrCl3NO4/c1-9(20)18(26)23-15-4-3-11(8-12(15)19)27-17-13(21)6-10(7-14(17)22)2-5-16(24)25/h2-9H,1H3,(H,23,26)(H,24,25)/b5-2+. The van der Waals surface area contributed by atoms with E-state index in [2.05, 4.69) is 21.2 Å². The zero-order chi connectivity index (χ0) is 20.1. The van der Waals surface area contributed by atoms with Crippen LogP contribution in [0.1, 0.15) is 12.5 Å². The van der Waals surface area contributed by atoms with E-state index in [9.17, 15) is 9.59 Å². The molecule has 0 aliphatic carbocycles. The summed E-state index contributed by atoms with van der Waals surface area (Å²) in [4.78, 5) is 22.3. The van der Waals surface area contributed by atoms with Crippen molar-refractivity contribution in [2.24, 2.45) is 0 Å². The minimum absolute atomic E-state index is 0.219. The van der Waals surface area contributed by atoms with Gasteiger partial charge in [-0.2, -0.15) is 0 Å². The van der Waals surface area contributed by atoms with Crippen LogP contribution in [0.25, 0.3) is 6.08 Å². The molecular weight excluding hydrogens is 480 g/mol. The number of alkyl halides is 1. The average molecular weight is 494 g/mol. The molecule has 2 aromatic carbocycles. The van der Waals surface area contributed by atoms with Crippen LogP contribution in [0.3, 0.4) is 0 Å². The highest BCUT2D eigenvalue weighted by Crippen LogP contribution is 2.39. The molecule has 9 heteroatoms. The molecule has 0 saturated carbocycles. The Morgan fingerprint density at radius 3 is 2.37 bits per heavy atom. The van der Waals surface area contributed by atoms with Crippen LogP contribution in [0.15, 0.2) is 40.9 Å². The van der Waals surface area contributed by atoms with Crippen LogP contribution in [-0.2, 0) is 9.59 Å². The maximum Gasteiger partial charge on any atom is 0.328 e. The van der Waals surface area contributed by atoms with Crippen molar-refractivity contribution in [1.29, 1.82) is 0 Å². The number of carbonyl (C=O) groups excluding carboxylic acids is 1. The molecule has 1 atom stereocenters. The molecule has 5 nitrogen and oxygen atoms in total. The largest absolute Gasteiger partial charge is 0.478 e. The highest BCUT2D eigenvalue weighted by Gasteiger charge is 2.14. The maximum absolute atomic E-state index is 11.7. The SMILES string of the molecule is CC(Cl)C(=O)Nc1ccc(Oc2c(Cl)cc(/C=C/C(=O)O)cc2Cl)cc1Br. The molecule has 1 unspecified atom stereocenters. The fourth-order valence-corrected chi connectivity index (χ4v) is 3.04. The van der Waals surface area contributed by atoms with Crippen LogP contribution < -0.4 is 10.1 Å². The van der Waals surface area contributed by atoms with Crippen molar-refractivity contribution in [2.75, 3.05) is 5.32 Å². The van der Waals surface area contributed by atoms with Gasteiger partial charge in [0.15, 0.2) is 5.75 Å². The van der Waals surface area contributed by atoms with Crippen LogP contribution >= 0.6 is 50.7 Å². The van der Waals surface area contributed by atoms with Gasteiger partial charge in [0.2, 0.25) is 5.91 Å². The zero-order valence-corrected chi connectivity index (χ0v) is 17.7. The second-order valence-corrected chi connectivity index (χ2v) is 7.66. The molecule has 0 aromatic heterocycles. The number of benzene rings is 2. The highest BCUT2D eigenvalue weighted by molar-refractivity contribution is 9.10. The summed E-state index contributed by atoms with van der Waals surface area (Å²) in [5.41, 5.74) is 1.06. The maximum atomic E-state index is 11.7. The van der Waals surface area contributed by atoms with E-state index in [1.165, 1.54) is 18.2 Å². The summed E-state index contributed by atoms with van der Waals surface area (Å²) in [5, 5.41) is 11.1. The van der Waals surface area contributed by atoms with Crippen molar-refractivity contribution in [3.05, 3.63) is 56.5 Å². The number of anilines is 1. The molecule has 0 saturated heterocycles. The molecule has 2 N–H and O–H groups in total. The van der Waals surface area contributed by atoms with Gasteiger partial charge in [-0.3, -0.25) is 4.79 Å². The lowest BCUT2D eigenvalue weighted by Crippen LogP contribution is -2.20. The summed E-state index contributed by atoms with van der Waals surface area (Å²) in [7, 11) is 0. The number of carbonyl (C=O) groups is 2. The fraction of sp³-hybridized carbons (Fsp3) is 0.111. The molecule has 0 bridgehead atoms. The van der Waals surface area contributed by atoms with Crippen molar-refractivity contribution in [3.63, 3.8) is 0 Å². The molecule has 0 spiro atoms. The van der Waals surface area contributed by atoms with Gasteiger partial charge < -0.3 is 15.2 Å². The molecular formula is C18H13BrCl3NO4. The van der Waals surface area contributed by atoms with E-state index in [1.54, 1.807) is 25.1 Å². The smallest absolute Gasteiger partial charge is 0.328 e. The third-order valence-corrected chi connectivity index (χ3v) is 4.63. The first-order valence-corrected chi connectivity index (χ1v) is 9.48. The minimum atomic E-state index is -1.08. The Balaban J connectivity index is 2.23. The van der Waals surface area contributed by atoms with Crippen molar-refractivity contribution in [1.82, 2.24) is 0 Å². The first-order valence-electron chi connectivity index (χ1n) is 7.49. The van der Waals surface area contributed by atoms with Crippen molar-refractivity contribution >= 4 is 74.4 Å². The third kappa shape index (κ3) is 6.14. The van der Waals surface area contributed by atoms with E-state index < -0.39 is 11.3 Å². The summed E-state index contributed by atoms with van der Waals surface area (Å²) in [6.45, 7) is 1.57. The number of halogens is 4. The van der Waals surface area contributed by atoms with Gasteiger partial charge in [0, 0.05) is 10.5 Å². The zero-order valence-electron chi connectivity index (χ0n) is 13.8. The van der Waals surface area contributed by atoms with E-state index in [0.717, 1.165) is 6.08 Å². The molecule has 2 rings (SSSR count). The van der Waals surface area contributed by atoms with Gasteiger partial charge in [0.05, 0.1) is 15.7 Å². The molecule has 0 aliphatic rings. The predicted molar refractivity (Wildman–Crippen MR) is 111 cm³/mol. The molecule has 142 valence electrons. The van der Waals surface area contributed by atoms with E-state index in [0.29, 0.717) is 21.5 Å². The lowest BCUT2D eigenvalue weighted by atomic mass is 10.2. The number of aliphatic carboxylic acids is 1. The number of hydrogen-bond donors (Lipinski definition) is 2. The molecule has 2 aromatic rings. The van der Waals surface area contributed by atoms with E-state index in [1.807, 2.05) is 0 Å².